The van der Waals surface area contributed by atoms with Gasteiger partial charge in [0.25, 0.3) is 0 Å². The third kappa shape index (κ3) is 5.02. The molecule has 5 rings (SSSR count). The van der Waals surface area contributed by atoms with Crippen molar-refractivity contribution >= 4 is 34.1 Å². The lowest BCUT2D eigenvalue weighted by molar-refractivity contribution is 0.177. The van der Waals surface area contributed by atoms with Crippen molar-refractivity contribution in [2.45, 2.75) is 45.2 Å². The summed E-state index contributed by atoms with van der Waals surface area (Å²) in [6.45, 7) is 11.2. The number of imidazole rings is 1. The normalized spacial score (nSPS) is 19.1. The largest absolute Gasteiger partial charge is 0.379 e. The number of H-pyrrole nitrogens is 1. The van der Waals surface area contributed by atoms with Gasteiger partial charge in [-0.25, -0.2) is 9.97 Å². The van der Waals surface area contributed by atoms with Gasteiger partial charge >= 0.3 is 0 Å². The van der Waals surface area contributed by atoms with E-state index in [9.17, 15) is 0 Å². The molecule has 2 aromatic heterocycles. The van der Waals surface area contributed by atoms with Crippen LogP contribution >= 0.6 is 11.6 Å². The molecule has 34 heavy (non-hydrogen) atoms. The number of hydrogen-bond acceptors (Lipinski definition) is 6. The first kappa shape index (κ1) is 23.4. The van der Waals surface area contributed by atoms with Crippen LogP contribution < -0.4 is 10.2 Å². The SMILES string of the molecule is CC(C)N1CCC(Nc2c(Cl)cnc3nc(-c4ccc(N5CCCN(C)CC5)cc4)[nH]c23)CC1. The standard InChI is InChI=1S/C26H36ClN7/c1-18(2)33-13-9-20(10-14-33)29-23-22(27)17-28-26-24(23)30-25(31-26)19-5-7-21(8-6-19)34-12-4-11-32(3)15-16-34/h5-8,17-18,20H,4,9-16H2,1-3H3,(H2,28,29,30,31). The smallest absolute Gasteiger partial charge is 0.180 e. The minimum absolute atomic E-state index is 0.400. The summed E-state index contributed by atoms with van der Waals surface area (Å²) in [6.07, 6.45) is 5.11. The quantitative estimate of drug-likeness (QED) is 0.550. The molecule has 182 valence electrons. The fourth-order valence-electron chi connectivity index (χ4n) is 5.11. The number of rotatable bonds is 5. The molecule has 1 aromatic carbocycles. The Bertz CT molecular complexity index is 1100. The first-order chi connectivity index (χ1) is 16.5. The third-order valence-electron chi connectivity index (χ3n) is 7.31. The Morgan fingerprint density at radius 2 is 1.79 bits per heavy atom. The molecule has 3 aromatic rings. The van der Waals surface area contributed by atoms with E-state index in [1.54, 1.807) is 6.20 Å². The first-order valence-electron chi connectivity index (χ1n) is 12.6. The van der Waals surface area contributed by atoms with Crippen LogP contribution in [-0.4, -0.2) is 83.2 Å². The fourth-order valence-corrected chi connectivity index (χ4v) is 5.31. The second-order valence-electron chi connectivity index (χ2n) is 10.0. The summed E-state index contributed by atoms with van der Waals surface area (Å²) in [4.78, 5) is 20.2. The molecule has 7 nitrogen and oxygen atoms in total. The maximum absolute atomic E-state index is 6.60. The minimum Gasteiger partial charge on any atom is -0.379 e. The van der Waals surface area contributed by atoms with E-state index >= 15 is 0 Å². The average molecular weight is 482 g/mol. The molecule has 8 heteroatoms. The summed E-state index contributed by atoms with van der Waals surface area (Å²) in [5, 5.41) is 4.33. The minimum atomic E-state index is 0.400. The predicted molar refractivity (Wildman–Crippen MR) is 142 cm³/mol. The number of nitrogens with zero attached hydrogens (tertiary/aromatic N) is 5. The summed E-state index contributed by atoms with van der Waals surface area (Å²) >= 11 is 6.60. The van der Waals surface area contributed by atoms with Gasteiger partial charge in [0.1, 0.15) is 11.3 Å². The Morgan fingerprint density at radius 3 is 2.53 bits per heavy atom. The molecule has 0 atom stereocenters. The van der Waals surface area contributed by atoms with Crippen molar-refractivity contribution < 1.29 is 0 Å². The third-order valence-corrected chi connectivity index (χ3v) is 7.59. The lowest BCUT2D eigenvalue weighted by Crippen LogP contribution is -2.42. The van der Waals surface area contributed by atoms with Crippen molar-refractivity contribution in [3.8, 4) is 11.4 Å². The highest BCUT2D eigenvalue weighted by Gasteiger charge is 2.23. The van der Waals surface area contributed by atoms with E-state index in [-0.39, 0.29) is 0 Å². The summed E-state index contributed by atoms with van der Waals surface area (Å²) in [5.74, 6) is 0.824. The molecule has 0 radical (unpaired) electrons. The van der Waals surface area contributed by atoms with Crippen molar-refractivity contribution in [3.63, 3.8) is 0 Å². The van der Waals surface area contributed by atoms with Crippen molar-refractivity contribution in [3.05, 3.63) is 35.5 Å². The summed E-state index contributed by atoms with van der Waals surface area (Å²) in [7, 11) is 2.20. The number of halogens is 1. The first-order valence-corrected chi connectivity index (χ1v) is 12.9. The van der Waals surface area contributed by atoms with E-state index in [2.05, 4.69) is 75.1 Å². The van der Waals surface area contributed by atoms with E-state index in [0.717, 1.165) is 74.7 Å². The molecular weight excluding hydrogens is 446 g/mol. The molecule has 0 saturated carbocycles. The predicted octanol–water partition coefficient (Wildman–Crippen LogP) is 4.70. The zero-order chi connectivity index (χ0) is 23.7. The molecule has 2 saturated heterocycles. The molecule has 2 aliphatic rings. The van der Waals surface area contributed by atoms with E-state index in [0.29, 0.717) is 22.8 Å². The second kappa shape index (κ2) is 10.1. The van der Waals surface area contributed by atoms with Gasteiger partial charge in [-0.1, -0.05) is 11.6 Å². The highest BCUT2D eigenvalue weighted by Crippen LogP contribution is 2.32. The number of pyridine rings is 1. The lowest BCUT2D eigenvalue weighted by atomic mass is 10.0. The maximum Gasteiger partial charge on any atom is 0.180 e. The molecule has 2 aliphatic heterocycles. The number of aromatic nitrogens is 3. The number of hydrogen-bond donors (Lipinski definition) is 2. The van der Waals surface area contributed by atoms with Gasteiger partial charge in [-0.2, -0.15) is 0 Å². The molecule has 0 unspecified atom stereocenters. The Morgan fingerprint density at radius 1 is 1.03 bits per heavy atom. The van der Waals surface area contributed by atoms with Crippen molar-refractivity contribution in [2.75, 3.05) is 56.5 Å². The number of piperidine rings is 1. The zero-order valence-corrected chi connectivity index (χ0v) is 21.3. The fraction of sp³-hybridized carbons (Fsp3) is 0.538. The molecule has 2 fully saturated rings. The number of likely N-dealkylation sites (tertiary alicyclic amines) is 1. The van der Waals surface area contributed by atoms with Crippen molar-refractivity contribution in [1.82, 2.24) is 24.8 Å². The number of benzene rings is 1. The van der Waals surface area contributed by atoms with E-state index in [1.807, 2.05) is 0 Å². The van der Waals surface area contributed by atoms with Crippen LogP contribution in [0.15, 0.2) is 30.5 Å². The Hall–Kier alpha value is -2.35. The second-order valence-corrected chi connectivity index (χ2v) is 10.4. The van der Waals surface area contributed by atoms with Crippen LogP contribution in [0.4, 0.5) is 11.4 Å². The van der Waals surface area contributed by atoms with Crippen LogP contribution in [-0.2, 0) is 0 Å². The molecule has 0 aliphatic carbocycles. The molecule has 0 bridgehead atoms. The van der Waals surface area contributed by atoms with Crippen molar-refractivity contribution in [2.24, 2.45) is 0 Å². The van der Waals surface area contributed by atoms with Crippen molar-refractivity contribution in [1.29, 1.82) is 0 Å². The van der Waals surface area contributed by atoms with Gasteiger partial charge in [0.05, 0.1) is 16.9 Å². The number of likely N-dealkylation sites (N-methyl/N-ethyl adjacent to an activating group) is 1. The highest BCUT2D eigenvalue weighted by molar-refractivity contribution is 6.34. The van der Waals surface area contributed by atoms with Gasteiger partial charge in [0.15, 0.2) is 5.65 Å². The van der Waals surface area contributed by atoms with Crippen LogP contribution in [0.2, 0.25) is 5.02 Å². The Kier molecular flexibility index (Phi) is 6.95. The summed E-state index contributed by atoms with van der Waals surface area (Å²) in [6, 6.07) is 9.71. The molecule has 4 heterocycles. The Labute approximate surface area is 207 Å². The van der Waals surface area contributed by atoms with Crippen LogP contribution in [0.5, 0.6) is 0 Å². The molecular formula is C26H36ClN7. The van der Waals surface area contributed by atoms with Gasteiger partial charge in [-0.3, -0.25) is 0 Å². The van der Waals surface area contributed by atoms with Crippen LogP contribution in [0, 0.1) is 0 Å². The van der Waals surface area contributed by atoms with Gasteiger partial charge in [-0.15, -0.1) is 0 Å². The monoisotopic (exact) mass is 481 g/mol. The van der Waals surface area contributed by atoms with Gasteiger partial charge < -0.3 is 25.0 Å². The number of aromatic amines is 1. The highest BCUT2D eigenvalue weighted by atomic mass is 35.5. The molecule has 2 N–H and O–H groups in total. The number of fused-ring (bicyclic) bond motifs is 1. The average Bonchev–Trinajstić information content (AvgIpc) is 3.16. The number of anilines is 2. The van der Waals surface area contributed by atoms with Gasteiger partial charge in [0.2, 0.25) is 0 Å². The molecule has 0 spiro atoms. The van der Waals surface area contributed by atoms with E-state index in [4.69, 9.17) is 16.6 Å². The topological polar surface area (TPSA) is 63.3 Å². The maximum atomic E-state index is 6.60. The van der Waals surface area contributed by atoms with E-state index in [1.165, 1.54) is 12.1 Å². The van der Waals surface area contributed by atoms with Crippen LogP contribution in [0.25, 0.3) is 22.6 Å². The Balaban J connectivity index is 1.34. The summed E-state index contributed by atoms with van der Waals surface area (Å²) in [5.41, 5.74) is 4.82. The van der Waals surface area contributed by atoms with Gasteiger partial charge in [-0.05, 0) is 71.0 Å². The summed E-state index contributed by atoms with van der Waals surface area (Å²) < 4.78 is 0. The lowest BCUT2D eigenvalue weighted by Gasteiger charge is -2.35. The van der Waals surface area contributed by atoms with Crippen LogP contribution in [0.1, 0.15) is 33.1 Å². The number of nitrogens with one attached hydrogen (secondary N) is 2. The zero-order valence-electron chi connectivity index (χ0n) is 20.5. The molecule has 0 amide bonds. The van der Waals surface area contributed by atoms with Gasteiger partial charge in [0, 0.05) is 56.1 Å². The van der Waals surface area contributed by atoms with Crippen LogP contribution in [0.3, 0.4) is 0 Å². The van der Waals surface area contributed by atoms with E-state index < -0.39 is 0 Å².